The molecule has 1 aromatic rings. The summed E-state index contributed by atoms with van der Waals surface area (Å²) in [5, 5.41) is 14.9. The van der Waals surface area contributed by atoms with E-state index in [1.165, 1.54) is 0 Å². The normalized spacial score (nSPS) is 12.8. The highest BCUT2D eigenvalue weighted by molar-refractivity contribution is 5.38. The van der Waals surface area contributed by atoms with Gasteiger partial charge in [0.1, 0.15) is 5.69 Å². The highest BCUT2D eigenvalue weighted by Gasteiger charge is 2.28. The summed E-state index contributed by atoms with van der Waals surface area (Å²) in [6, 6.07) is 0. The van der Waals surface area contributed by atoms with E-state index >= 15 is 0 Å². The zero-order valence-corrected chi connectivity index (χ0v) is 12.2. The molecule has 0 unspecified atom stereocenters. The van der Waals surface area contributed by atoms with Crippen molar-refractivity contribution >= 4 is 0 Å². The number of aromatic nitrogens is 2. The van der Waals surface area contributed by atoms with Gasteiger partial charge in [0.25, 0.3) is 0 Å². The first-order valence-corrected chi connectivity index (χ1v) is 6.44. The van der Waals surface area contributed by atoms with Crippen molar-refractivity contribution in [3.8, 4) is 5.75 Å². The van der Waals surface area contributed by atoms with E-state index in [1.54, 1.807) is 0 Å². The average Bonchev–Trinajstić information content (AvgIpc) is 2.40. The summed E-state index contributed by atoms with van der Waals surface area (Å²) in [5.74, 6) is 1.16. The van der Waals surface area contributed by atoms with Crippen LogP contribution in [-0.4, -0.2) is 14.9 Å². The molecule has 0 atom stereocenters. The van der Waals surface area contributed by atoms with Crippen LogP contribution in [0.5, 0.6) is 5.75 Å². The van der Waals surface area contributed by atoms with Crippen LogP contribution in [0.3, 0.4) is 0 Å². The van der Waals surface area contributed by atoms with E-state index in [4.69, 9.17) is 0 Å². The Labute approximate surface area is 105 Å². The lowest BCUT2D eigenvalue weighted by Gasteiger charge is -2.21. The van der Waals surface area contributed by atoms with E-state index in [0.29, 0.717) is 11.7 Å². The number of aromatic hydroxyl groups is 1. The minimum Gasteiger partial charge on any atom is -0.504 e. The molecule has 0 saturated heterocycles. The Morgan fingerprint density at radius 3 is 2.06 bits per heavy atom. The summed E-state index contributed by atoms with van der Waals surface area (Å²) in [5.41, 5.74) is 1.68. The molecule has 0 spiro atoms. The van der Waals surface area contributed by atoms with Crippen LogP contribution in [0.1, 0.15) is 65.8 Å². The molecule has 1 rings (SSSR count). The molecular weight excluding hydrogens is 212 g/mol. The lowest BCUT2D eigenvalue weighted by Crippen LogP contribution is -2.20. The van der Waals surface area contributed by atoms with Gasteiger partial charge in [-0.1, -0.05) is 48.5 Å². The largest absolute Gasteiger partial charge is 0.504 e. The minimum atomic E-state index is -0.0842. The smallest absolute Gasteiger partial charge is 0.160 e. The predicted octanol–water partition coefficient (Wildman–Crippen LogP) is 3.67. The summed E-state index contributed by atoms with van der Waals surface area (Å²) in [6.45, 7) is 15.7. The minimum absolute atomic E-state index is 0.0842. The number of hydrogen-bond acceptors (Lipinski definition) is 2. The van der Waals surface area contributed by atoms with Gasteiger partial charge in [0.2, 0.25) is 0 Å². The molecule has 3 nitrogen and oxygen atoms in total. The summed E-state index contributed by atoms with van der Waals surface area (Å²) < 4.78 is 1.98. The Bertz CT molecular complexity index is 384. The van der Waals surface area contributed by atoms with Crippen molar-refractivity contribution in [2.45, 2.75) is 66.3 Å². The van der Waals surface area contributed by atoms with Crippen LogP contribution in [-0.2, 0) is 12.0 Å². The van der Waals surface area contributed by atoms with Crippen LogP contribution in [0.15, 0.2) is 0 Å². The fraction of sp³-hybridized carbons (Fsp3) is 0.786. The van der Waals surface area contributed by atoms with Crippen molar-refractivity contribution in [1.82, 2.24) is 9.78 Å². The van der Waals surface area contributed by atoms with Crippen molar-refractivity contribution in [2.75, 3.05) is 0 Å². The molecule has 0 aromatic carbocycles. The molecule has 1 N–H and O–H groups in total. The van der Waals surface area contributed by atoms with Crippen molar-refractivity contribution in [2.24, 2.45) is 5.92 Å². The monoisotopic (exact) mass is 238 g/mol. The third kappa shape index (κ3) is 3.02. The fourth-order valence-electron chi connectivity index (χ4n) is 2.08. The van der Waals surface area contributed by atoms with Crippen LogP contribution in [0.4, 0.5) is 0 Å². The third-order valence-electron chi connectivity index (χ3n) is 2.75. The second-order valence-electron chi connectivity index (χ2n) is 6.56. The Morgan fingerprint density at radius 2 is 1.71 bits per heavy atom. The molecule has 1 heterocycles. The molecule has 98 valence electrons. The Kier molecular flexibility index (Phi) is 3.90. The zero-order chi connectivity index (χ0) is 13.4. The number of rotatable bonds is 3. The van der Waals surface area contributed by atoms with Gasteiger partial charge in [-0.3, -0.25) is 4.68 Å². The maximum absolute atomic E-state index is 10.3. The van der Waals surface area contributed by atoms with Gasteiger partial charge < -0.3 is 5.11 Å². The molecule has 3 heteroatoms. The second-order valence-corrected chi connectivity index (χ2v) is 6.56. The molecular formula is C14H26N2O. The Morgan fingerprint density at radius 1 is 1.18 bits per heavy atom. The fourth-order valence-corrected chi connectivity index (χ4v) is 2.08. The summed E-state index contributed by atoms with van der Waals surface area (Å²) >= 11 is 0. The first kappa shape index (κ1) is 14.1. The lowest BCUT2D eigenvalue weighted by molar-refractivity contribution is 0.401. The molecule has 0 aliphatic carbocycles. The summed E-state index contributed by atoms with van der Waals surface area (Å²) in [4.78, 5) is 0. The van der Waals surface area contributed by atoms with E-state index in [1.807, 2.05) is 4.68 Å². The topological polar surface area (TPSA) is 38.0 Å². The third-order valence-corrected chi connectivity index (χ3v) is 2.75. The van der Waals surface area contributed by atoms with Crippen LogP contribution >= 0.6 is 0 Å². The molecule has 0 aliphatic heterocycles. The van der Waals surface area contributed by atoms with Gasteiger partial charge in [0.15, 0.2) is 5.75 Å². The van der Waals surface area contributed by atoms with E-state index in [-0.39, 0.29) is 11.3 Å². The highest BCUT2D eigenvalue weighted by Crippen LogP contribution is 2.36. The molecule has 0 amide bonds. The Hall–Kier alpha value is -0.990. The van der Waals surface area contributed by atoms with E-state index in [0.717, 1.165) is 17.9 Å². The van der Waals surface area contributed by atoms with Gasteiger partial charge in [-0.25, -0.2) is 0 Å². The van der Waals surface area contributed by atoms with Gasteiger partial charge in [0.05, 0.1) is 5.69 Å². The SMILES string of the molecule is CC(C)Cn1nc(C(C)C)c(O)c1C(C)(C)C. The summed E-state index contributed by atoms with van der Waals surface area (Å²) in [7, 11) is 0. The van der Waals surface area contributed by atoms with Crippen molar-refractivity contribution < 1.29 is 5.11 Å². The van der Waals surface area contributed by atoms with Gasteiger partial charge in [0, 0.05) is 17.9 Å². The van der Waals surface area contributed by atoms with Gasteiger partial charge in [-0.05, 0) is 5.92 Å². The van der Waals surface area contributed by atoms with Crippen molar-refractivity contribution in [3.05, 3.63) is 11.4 Å². The second kappa shape index (κ2) is 4.71. The van der Waals surface area contributed by atoms with E-state index in [9.17, 15) is 5.11 Å². The van der Waals surface area contributed by atoms with Gasteiger partial charge >= 0.3 is 0 Å². The molecule has 0 radical (unpaired) electrons. The standard InChI is InChI=1S/C14H26N2O/c1-9(2)8-16-13(14(5,6)7)12(17)11(15-16)10(3)4/h9-10,17H,8H2,1-7H3. The number of hydrogen-bond donors (Lipinski definition) is 1. The molecule has 0 aliphatic rings. The quantitative estimate of drug-likeness (QED) is 0.872. The Balaban J connectivity index is 3.32. The van der Waals surface area contributed by atoms with Crippen molar-refractivity contribution in [1.29, 1.82) is 0 Å². The van der Waals surface area contributed by atoms with Crippen LogP contribution < -0.4 is 0 Å². The van der Waals surface area contributed by atoms with Crippen LogP contribution in [0.25, 0.3) is 0 Å². The van der Waals surface area contributed by atoms with Crippen LogP contribution in [0.2, 0.25) is 0 Å². The summed E-state index contributed by atoms with van der Waals surface area (Å²) in [6.07, 6.45) is 0. The predicted molar refractivity (Wildman–Crippen MR) is 71.5 cm³/mol. The van der Waals surface area contributed by atoms with Gasteiger partial charge in [-0.2, -0.15) is 5.10 Å². The molecule has 0 bridgehead atoms. The maximum Gasteiger partial charge on any atom is 0.160 e. The highest BCUT2D eigenvalue weighted by atomic mass is 16.3. The molecule has 0 fully saturated rings. The zero-order valence-electron chi connectivity index (χ0n) is 12.2. The first-order valence-electron chi connectivity index (χ1n) is 6.44. The van der Waals surface area contributed by atoms with Crippen LogP contribution in [0, 0.1) is 5.92 Å². The maximum atomic E-state index is 10.3. The number of nitrogens with zero attached hydrogens (tertiary/aromatic N) is 2. The molecule has 1 aromatic heterocycles. The van der Waals surface area contributed by atoms with E-state index in [2.05, 4.69) is 53.6 Å². The first-order chi connectivity index (χ1) is 7.64. The van der Waals surface area contributed by atoms with Crippen molar-refractivity contribution in [3.63, 3.8) is 0 Å². The van der Waals surface area contributed by atoms with Gasteiger partial charge in [-0.15, -0.1) is 0 Å². The van der Waals surface area contributed by atoms with E-state index < -0.39 is 0 Å². The molecule has 17 heavy (non-hydrogen) atoms. The average molecular weight is 238 g/mol. The lowest BCUT2D eigenvalue weighted by atomic mass is 9.90. The molecule has 0 saturated carbocycles.